The molecule has 1 aliphatic rings. The number of anilines is 2. The first-order valence-electron chi connectivity index (χ1n) is 9.09. The third kappa shape index (κ3) is 4.25. The Morgan fingerprint density at radius 2 is 2.00 bits per heavy atom. The Bertz CT molecular complexity index is 1040. The number of likely N-dealkylation sites (N-methyl/N-ethyl adjacent to an activating group) is 1. The minimum Gasteiger partial charge on any atom is -0.332 e. The van der Waals surface area contributed by atoms with Crippen LogP contribution in [0.25, 0.3) is 0 Å². The summed E-state index contributed by atoms with van der Waals surface area (Å²) >= 11 is 5.79. The molecule has 0 radical (unpaired) electrons. The van der Waals surface area contributed by atoms with Gasteiger partial charge in [-0.2, -0.15) is 0 Å². The van der Waals surface area contributed by atoms with Crippen molar-refractivity contribution in [2.75, 3.05) is 23.8 Å². The van der Waals surface area contributed by atoms with Gasteiger partial charge < -0.3 is 15.1 Å². The predicted octanol–water partition coefficient (Wildman–Crippen LogP) is 3.08. The molecular weight excluding hydrogens is 412 g/mol. The summed E-state index contributed by atoms with van der Waals surface area (Å²) in [5.41, 5.74) is 0.718. The zero-order valence-corrected chi connectivity index (χ0v) is 17.0. The first-order valence-corrected chi connectivity index (χ1v) is 9.47. The first kappa shape index (κ1) is 21.3. The second-order valence-corrected chi connectivity index (χ2v) is 7.37. The van der Waals surface area contributed by atoms with Gasteiger partial charge in [-0.05, 0) is 31.2 Å². The van der Waals surface area contributed by atoms with E-state index in [0.29, 0.717) is 11.4 Å². The van der Waals surface area contributed by atoms with E-state index < -0.39 is 16.9 Å². The number of hydrogen-bond acceptors (Lipinski definition) is 5. The number of benzene rings is 2. The monoisotopic (exact) mass is 430 g/mol. The molecule has 0 spiro atoms. The Morgan fingerprint density at radius 3 is 2.70 bits per heavy atom. The molecule has 2 aromatic carbocycles. The maximum atomic E-state index is 13.1. The molecule has 1 N–H and O–H groups in total. The molecule has 1 unspecified atom stereocenters. The van der Waals surface area contributed by atoms with Gasteiger partial charge in [0.15, 0.2) is 0 Å². The average molecular weight is 431 g/mol. The van der Waals surface area contributed by atoms with Crippen LogP contribution in [0, 0.1) is 10.1 Å². The highest BCUT2D eigenvalue weighted by atomic mass is 35.5. The van der Waals surface area contributed by atoms with Crippen LogP contribution in [0.15, 0.2) is 42.5 Å². The Balaban J connectivity index is 1.83. The summed E-state index contributed by atoms with van der Waals surface area (Å²) in [6.45, 7) is 1.48. The van der Waals surface area contributed by atoms with Crippen LogP contribution >= 0.6 is 11.6 Å². The fraction of sp³-hybridized carbons (Fsp3) is 0.250. The van der Waals surface area contributed by atoms with E-state index in [1.54, 1.807) is 31.2 Å². The molecule has 1 heterocycles. The Labute approximate surface area is 177 Å². The first-order chi connectivity index (χ1) is 14.2. The van der Waals surface area contributed by atoms with Crippen LogP contribution in [0.2, 0.25) is 5.02 Å². The number of fused-ring (bicyclic) bond motifs is 1. The highest BCUT2D eigenvalue weighted by Gasteiger charge is 2.31. The van der Waals surface area contributed by atoms with Crippen LogP contribution in [0.4, 0.5) is 17.1 Å². The topological polar surface area (TPSA) is 113 Å². The van der Waals surface area contributed by atoms with Crippen molar-refractivity contribution in [3.8, 4) is 0 Å². The molecule has 0 saturated heterocycles. The number of carbonyl (C=O) groups excluding carboxylic acids is 3. The molecule has 3 amide bonds. The highest BCUT2D eigenvalue weighted by Crippen LogP contribution is 2.31. The van der Waals surface area contributed by atoms with Gasteiger partial charge in [0.05, 0.1) is 16.3 Å². The van der Waals surface area contributed by atoms with E-state index in [0.717, 1.165) is 6.07 Å². The van der Waals surface area contributed by atoms with Gasteiger partial charge in [-0.25, -0.2) is 0 Å². The number of halogens is 1. The van der Waals surface area contributed by atoms with Gasteiger partial charge in [0.25, 0.3) is 11.6 Å². The van der Waals surface area contributed by atoms with Gasteiger partial charge in [0.1, 0.15) is 11.6 Å². The van der Waals surface area contributed by atoms with Crippen LogP contribution in [0.5, 0.6) is 0 Å². The van der Waals surface area contributed by atoms with Crippen LogP contribution in [0.1, 0.15) is 23.7 Å². The molecule has 0 aromatic heterocycles. The van der Waals surface area contributed by atoms with Crippen LogP contribution in [0.3, 0.4) is 0 Å². The number of rotatable bonds is 4. The molecule has 0 aliphatic carbocycles. The summed E-state index contributed by atoms with van der Waals surface area (Å²) in [7, 11) is 1.43. The van der Waals surface area contributed by atoms with Gasteiger partial charge in [0.2, 0.25) is 11.8 Å². The van der Waals surface area contributed by atoms with Crippen LogP contribution < -0.4 is 10.2 Å². The normalized spacial score (nSPS) is 15.6. The van der Waals surface area contributed by atoms with Gasteiger partial charge >= 0.3 is 0 Å². The summed E-state index contributed by atoms with van der Waals surface area (Å²) in [6, 6.07) is 10.2. The molecule has 1 aliphatic heterocycles. The Hall–Kier alpha value is -3.46. The lowest BCUT2D eigenvalue weighted by molar-refractivity contribution is -0.384. The minimum absolute atomic E-state index is 0.0440. The molecule has 10 heteroatoms. The van der Waals surface area contributed by atoms with E-state index >= 15 is 0 Å². The fourth-order valence-corrected chi connectivity index (χ4v) is 3.51. The number of nitro benzene ring substituents is 1. The van der Waals surface area contributed by atoms with Crippen molar-refractivity contribution in [2.24, 2.45) is 0 Å². The zero-order valence-electron chi connectivity index (χ0n) is 16.3. The van der Waals surface area contributed by atoms with E-state index in [1.165, 1.54) is 29.0 Å². The number of para-hydroxylation sites is 2. The van der Waals surface area contributed by atoms with Crippen molar-refractivity contribution >= 4 is 46.4 Å². The minimum atomic E-state index is -0.676. The molecule has 1 atom stereocenters. The Kier molecular flexibility index (Phi) is 6.02. The summed E-state index contributed by atoms with van der Waals surface area (Å²) in [5, 5.41) is 13.8. The molecule has 9 nitrogen and oxygen atoms in total. The third-order valence-electron chi connectivity index (χ3n) is 4.74. The van der Waals surface area contributed by atoms with E-state index in [4.69, 9.17) is 11.6 Å². The molecule has 0 fully saturated rings. The lowest BCUT2D eigenvalue weighted by Gasteiger charge is -2.29. The molecule has 3 rings (SSSR count). The van der Waals surface area contributed by atoms with Gasteiger partial charge in [0, 0.05) is 31.1 Å². The van der Waals surface area contributed by atoms with Crippen LogP contribution in [-0.4, -0.2) is 47.2 Å². The maximum Gasteiger partial charge on any atom is 0.288 e. The van der Waals surface area contributed by atoms with E-state index in [2.05, 4.69) is 5.32 Å². The number of amides is 3. The molecule has 0 saturated carbocycles. The summed E-state index contributed by atoms with van der Waals surface area (Å²) in [4.78, 5) is 50.9. The second kappa shape index (κ2) is 8.50. The standard InChI is InChI=1S/C20H19ClN4O5/c1-12-9-18(26)22-15-5-3-4-6-16(15)24(12)19(27)11-23(2)20(28)13-7-8-14(21)17(10-13)25(29)30/h3-8,10,12H,9,11H2,1-2H3,(H,22,26). The van der Waals surface area contributed by atoms with Crippen molar-refractivity contribution in [1.29, 1.82) is 0 Å². The number of nitrogens with one attached hydrogen (secondary N) is 1. The van der Waals surface area contributed by atoms with Crippen molar-refractivity contribution < 1.29 is 19.3 Å². The quantitative estimate of drug-likeness (QED) is 0.591. The highest BCUT2D eigenvalue weighted by molar-refractivity contribution is 6.32. The van der Waals surface area contributed by atoms with E-state index in [1.807, 2.05) is 0 Å². The lowest BCUT2D eigenvalue weighted by atomic mass is 10.1. The summed E-state index contributed by atoms with van der Waals surface area (Å²) in [6.07, 6.45) is 0.113. The Morgan fingerprint density at radius 1 is 1.30 bits per heavy atom. The van der Waals surface area contributed by atoms with E-state index in [-0.39, 0.29) is 41.1 Å². The third-order valence-corrected chi connectivity index (χ3v) is 5.06. The number of hydrogen-bond donors (Lipinski definition) is 1. The maximum absolute atomic E-state index is 13.1. The molecule has 2 aromatic rings. The summed E-state index contributed by atoms with van der Waals surface area (Å²) in [5.74, 6) is -1.15. The average Bonchev–Trinajstić information content (AvgIpc) is 2.81. The molecule has 0 bridgehead atoms. The van der Waals surface area contributed by atoms with E-state index in [9.17, 15) is 24.5 Å². The van der Waals surface area contributed by atoms with Gasteiger partial charge in [-0.15, -0.1) is 0 Å². The van der Waals surface area contributed by atoms with Crippen molar-refractivity contribution in [1.82, 2.24) is 4.90 Å². The van der Waals surface area contributed by atoms with Crippen molar-refractivity contribution in [3.05, 3.63) is 63.2 Å². The molecule has 156 valence electrons. The zero-order chi connectivity index (χ0) is 22.0. The SMILES string of the molecule is CC1CC(=O)Nc2ccccc2N1C(=O)CN(C)C(=O)c1ccc(Cl)c([N+](=O)[O-])c1. The van der Waals surface area contributed by atoms with Crippen molar-refractivity contribution in [3.63, 3.8) is 0 Å². The second-order valence-electron chi connectivity index (χ2n) is 6.97. The predicted molar refractivity (Wildman–Crippen MR) is 112 cm³/mol. The fourth-order valence-electron chi connectivity index (χ4n) is 3.32. The number of carbonyl (C=O) groups is 3. The summed E-state index contributed by atoms with van der Waals surface area (Å²) < 4.78 is 0. The van der Waals surface area contributed by atoms with Crippen LogP contribution in [-0.2, 0) is 9.59 Å². The largest absolute Gasteiger partial charge is 0.332 e. The van der Waals surface area contributed by atoms with Gasteiger partial charge in [-0.1, -0.05) is 23.7 Å². The smallest absolute Gasteiger partial charge is 0.288 e. The number of nitro groups is 1. The molecule has 30 heavy (non-hydrogen) atoms. The number of nitrogens with zero attached hydrogens (tertiary/aromatic N) is 3. The lowest BCUT2D eigenvalue weighted by Crippen LogP contribution is -2.45. The van der Waals surface area contributed by atoms with Gasteiger partial charge in [-0.3, -0.25) is 24.5 Å². The molecular formula is C20H19ClN4O5. The van der Waals surface area contributed by atoms with Crippen molar-refractivity contribution in [2.45, 2.75) is 19.4 Å².